The molecule has 1 aromatic carbocycles. The largest absolute Gasteiger partial charge is 0.423 e. The lowest BCUT2D eigenvalue weighted by molar-refractivity contribution is 0.389. The molecule has 2 aromatic rings. The van der Waals surface area contributed by atoms with E-state index in [0.29, 0.717) is 17.1 Å². The maximum atomic E-state index is 5.97. The van der Waals surface area contributed by atoms with Gasteiger partial charge in [0, 0.05) is 30.7 Å². The van der Waals surface area contributed by atoms with Crippen LogP contribution in [0.2, 0.25) is 5.02 Å². The van der Waals surface area contributed by atoms with Crippen molar-refractivity contribution in [3.05, 3.63) is 23.2 Å². The standard InChI is InChI=1S/C13H17ClN3OP/c1-9-4-5-16(6-7-17(9)19)13-15-11-8-10(14)2-3-12(11)18-13/h2-3,8-9H,4-7,19H2,1H3/t9-/m1/s1. The first-order valence-electron chi connectivity index (χ1n) is 6.46. The Hall–Kier alpha value is -0.830. The number of oxazole rings is 1. The fraction of sp³-hybridized carbons (Fsp3) is 0.462. The van der Waals surface area contributed by atoms with Gasteiger partial charge < -0.3 is 9.32 Å². The highest BCUT2D eigenvalue weighted by atomic mass is 35.5. The van der Waals surface area contributed by atoms with E-state index < -0.39 is 0 Å². The van der Waals surface area contributed by atoms with E-state index in [4.69, 9.17) is 16.0 Å². The number of nitrogens with zero attached hydrogens (tertiary/aromatic N) is 3. The SMILES string of the molecule is C[C@@H]1CCN(c2nc3cc(Cl)ccc3o2)CCN1P. The van der Waals surface area contributed by atoms with Crippen LogP contribution in [0.3, 0.4) is 0 Å². The molecule has 0 bridgehead atoms. The third kappa shape index (κ3) is 2.71. The Morgan fingerprint density at radius 3 is 3.05 bits per heavy atom. The summed E-state index contributed by atoms with van der Waals surface area (Å²) >= 11 is 5.97. The average Bonchev–Trinajstić information content (AvgIpc) is 2.72. The molecule has 6 heteroatoms. The Balaban J connectivity index is 1.87. The molecule has 1 saturated heterocycles. The molecule has 1 aromatic heterocycles. The summed E-state index contributed by atoms with van der Waals surface area (Å²) in [6.45, 7) is 5.12. The third-order valence-corrected chi connectivity index (χ3v) is 4.62. The third-order valence-electron chi connectivity index (χ3n) is 3.62. The van der Waals surface area contributed by atoms with Crippen LogP contribution in [-0.4, -0.2) is 35.3 Å². The average molecular weight is 298 g/mol. The number of benzene rings is 1. The minimum atomic E-state index is 0.564. The van der Waals surface area contributed by atoms with Crippen molar-refractivity contribution in [2.24, 2.45) is 0 Å². The van der Waals surface area contributed by atoms with Crippen molar-refractivity contribution in [2.45, 2.75) is 19.4 Å². The van der Waals surface area contributed by atoms with Crippen molar-refractivity contribution in [3.8, 4) is 0 Å². The predicted octanol–water partition coefficient (Wildman–Crippen LogP) is 3.17. The van der Waals surface area contributed by atoms with Gasteiger partial charge in [-0.1, -0.05) is 21.0 Å². The first-order valence-corrected chi connectivity index (χ1v) is 7.35. The Kier molecular flexibility index (Phi) is 3.66. The molecule has 3 rings (SSSR count). The second kappa shape index (κ2) is 5.28. The predicted molar refractivity (Wildman–Crippen MR) is 81.7 cm³/mol. The normalized spacial score (nSPS) is 21.8. The minimum Gasteiger partial charge on any atom is -0.423 e. The van der Waals surface area contributed by atoms with Gasteiger partial charge in [-0.15, -0.1) is 0 Å². The van der Waals surface area contributed by atoms with Crippen LogP contribution in [0.5, 0.6) is 0 Å². The molecule has 2 atom stereocenters. The fourth-order valence-corrected chi connectivity index (χ4v) is 2.72. The van der Waals surface area contributed by atoms with Gasteiger partial charge >= 0.3 is 0 Å². The Morgan fingerprint density at radius 2 is 2.21 bits per heavy atom. The van der Waals surface area contributed by atoms with E-state index in [1.54, 1.807) is 0 Å². The number of halogens is 1. The number of aromatic nitrogens is 1. The molecule has 0 spiro atoms. The summed E-state index contributed by atoms with van der Waals surface area (Å²) in [4.78, 5) is 6.74. The molecular weight excluding hydrogens is 281 g/mol. The molecule has 2 heterocycles. The van der Waals surface area contributed by atoms with Crippen molar-refractivity contribution in [3.63, 3.8) is 0 Å². The van der Waals surface area contributed by atoms with Crippen LogP contribution in [-0.2, 0) is 0 Å². The molecule has 0 N–H and O–H groups in total. The summed E-state index contributed by atoms with van der Waals surface area (Å²) < 4.78 is 8.11. The number of hydrogen-bond donors (Lipinski definition) is 0. The molecule has 1 aliphatic rings. The van der Waals surface area contributed by atoms with Crippen molar-refractivity contribution in [2.75, 3.05) is 24.5 Å². The van der Waals surface area contributed by atoms with E-state index in [1.165, 1.54) is 0 Å². The van der Waals surface area contributed by atoms with Crippen molar-refractivity contribution in [1.82, 2.24) is 9.65 Å². The lowest BCUT2D eigenvalue weighted by Crippen LogP contribution is -2.27. The van der Waals surface area contributed by atoms with Gasteiger partial charge in [-0.2, -0.15) is 4.98 Å². The molecule has 1 aliphatic heterocycles. The minimum absolute atomic E-state index is 0.564. The molecule has 0 amide bonds. The highest BCUT2D eigenvalue weighted by Gasteiger charge is 2.21. The monoisotopic (exact) mass is 297 g/mol. The van der Waals surface area contributed by atoms with Crippen molar-refractivity contribution in [1.29, 1.82) is 0 Å². The summed E-state index contributed by atoms with van der Waals surface area (Å²) in [6, 6.07) is 6.80. The number of anilines is 1. The fourth-order valence-electron chi connectivity index (χ4n) is 2.29. The zero-order valence-corrected chi connectivity index (χ0v) is 12.8. The summed E-state index contributed by atoms with van der Waals surface area (Å²) in [7, 11) is 2.80. The highest BCUT2D eigenvalue weighted by Crippen LogP contribution is 2.26. The van der Waals surface area contributed by atoms with Gasteiger partial charge in [0.2, 0.25) is 0 Å². The zero-order chi connectivity index (χ0) is 13.4. The van der Waals surface area contributed by atoms with E-state index in [2.05, 4.69) is 30.9 Å². The first-order chi connectivity index (χ1) is 9.13. The molecule has 0 saturated carbocycles. The second-order valence-electron chi connectivity index (χ2n) is 4.97. The van der Waals surface area contributed by atoms with Crippen LogP contribution < -0.4 is 4.90 Å². The number of hydrogen-bond acceptors (Lipinski definition) is 4. The van der Waals surface area contributed by atoms with E-state index in [0.717, 1.165) is 37.2 Å². The van der Waals surface area contributed by atoms with Gasteiger partial charge in [-0.05, 0) is 31.5 Å². The van der Waals surface area contributed by atoms with Gasteiger partial charge in [0.05, 0.1) is 0 Å². The molecule has 1 fully saturated rings. The van der Waals surface area contributed by atoms with Gasteiger partial charge in [0.15, 0.2) is 5.58 Å². The van der Waals surface area contributed by atoms with E-state index in [-0.39, 0.29) is 0 Å². The smallest absolute Gasteiger partial charge is 0.298 e. The summed E-state index contributed by atoms with van der Waals surface area (Å²) in [5.41, 5.74) is 1.61. The zero-order valence-electron chi connectivity index (χ0n) is 10.8. The van der Waals surface area contributed by atoms with Gasteiger partial charge in [-0.25, -0.2) is 0 Å². The maximum Gasteiger partial charge on any atom is 0.298 e. The molecule has 0 radical (unpaired) electrons. The summed E-state index contributed by atoms with van der Waals surface area (Å²) in [5.74, 6) is 0. The van der Waals surface area contributed by atoms with Crippen LogP contribution >= 0.6 is 21.0 Å². The Bertz CT molecular complexity index is 576. The highest BCUT2D eigenvalue weighted by molar-refractivity contribution is 7.13. The van der Waals surface area contributed by atoms with Gasteiger partial charge in [0.1, 0.15) is 5.52 Å². The van der Waals surface area contributed by atoms with Crippen LogP contribution in [0.1, 0.15) is 13.3 Å². The van der Waals surface area contributed by atoms with E-state index >= 15 is 0 Å². The molecular formula is C13H17ClN3OP. The quantitative estimate of drug-likeness (QED) is 0.757. The molecule has 0 aliphatic carbocycles. The van der Waals surface area contributed by atoms with Crippen LogP contribution in [0.4, 0.5) is 6.01 Å². The molecule has 102 valence electrons. The summed E-state index contributed by atoms with van der Waals surface area (Å²) in [5, 5.41) is 0.688. The van der Waals surface area contributed by atoms with Crippen LogP contribution in [0.25, 0.3) is 11.1 Å². The van der Waals surface area contributed by atoms with Crippen LogP contribution in [0, 0.1) is 0 Å². The molecule has 4 nitrogen and oxygen atoms in total. The molecule has 19 heavy (non-hydrogen) atoms. The number of fused-ring (bicyclic) bond motifs is 1. The maximum absolute atomic E-state index is 5.97. The van der Waals surface area contributed by atoms with Crippen molar-refractivity contribution < 1.29 is 4.42 Å². The number of rotatable bonds is 1. The topological polar surface area (TPSA) is 32.5 Å². The van der Waals surface area contributed by atoms with Gasteiger partial charge in [-0.3, -0.25) is 4.67 Å². The van der Waals surface area contributed by atoms with Crippen LogP contribution in [0.15, 0.2) is 22.6 Å². The van der Waals surface area contributed by atoms with E-state index in [1.807, 2.05) is 18.2 Å². The summed E-state index contributed by atoms with van der Waals surface area (Å²) in [6.07, 6.45) is 1.10. The van der Waals surface area contributed by atoms with Gasteiger partial charge in [0.25, 0.3) is 6.01 Å². The lowest BCUT2D eigenvalue weighted by Gasteiger charge is -2.19. The first kappa shape index (κ1) is 13.2. The lowest BCUT2D eigenvalue weighted by atomic mass is 10.2. The van der Waals surface area contributed by atoms with E-state index in [9.17, 15) is 0 Å². The Labute approximate surface area is 120 Å². The van der Waals surface area contributed by atoms with Crippen molar-refractivity contribution >= 4 is 38.1 Å². The second-order valence-corrected chi connectivity index (χ2v) is 6.07. The molecule has 1 unspecified atom stereocenters. The Morgan fingerprint density at radius 1 is 1.37 bits per heavy atom.